The number of nitrogens with two attached hydrogens (primary N) is 1. The van der Waals surface area contributed by atoms with Crippen LogP contribution in [0.1, 0.15) is 0 Å². The molecule has 0 unspecified atom stereocenters. The largest absolute Gasteiger partial charge is 0.388 e. The van der Waals surface area contributed by atoms with Gasteiger partial charge in [0.2, 0.25) is 0 Å². The minimum atomic E-state index is -0.0833. The smallest absolute Gasteiger partial charge is 0.147 e. The predicted molar refractivity (Wildman–Crippen MR) is 31.5 cm³/mol. The van der Waals surface area contributed by atoms with Crippen molar-refractivity contribution < 1.29 is 0 Å². The van der Waals surface area contributed by atoms with Crippen LogP contribution in [0.25, 0.3) is 0 Å². The van der Waals surface area contributed by atoms with Gasteiger partial charge >= 0.3 is 0 Å². The van der Waals surface area contributed by atoms with Gasteiger partial charge < -0.3 is 11.1 Å². The second-order valence-corrected chi connectivity index (χ2v) is 1.26. The Morgan fingerprint density at radius 1 is 1.44 bits per heavy atom. The number of hydrogen-bond donors (Lipinski definition) is 2. The number of rotatable bonds is 1. The highest BCUT2D eigenvalue weighted by atomic mass is 14.9. The van der Waals surface area contributed by atoms with Crippen LogP contribution in [-0.4, -0.2) is 7.05 Å². The van der Waals surface area contributed by atoms with E-state index in [2.05, 4.69) is 5.32 Å². The summed E-state index contributed by atoms with van der Waals surface area (Å²) in [7, 11) is 1.53. The Bertz CT molecular complexity index is 202. The molecule has 0 aromatic carbocycles. The summed E-state index contributed by atoms with van der Waals surface area (Å²) in [5.41, 5.74) is 5.10. The Morgan fingerprint density at radius 3 is 2.11 bits per heavy atom. The standard InChI is InChI=1S/C5H6N4/c1-9-5(3-7)4(8)2-6/h9H,8H2,1H3/b5-4-. The molecular formula is C5H6N4. The molecule has 0 aromatic heterocycles. The van der Waals surface area contributed by atoms with Gasteiger partial charge in [-0.2, -0.15) is 10.5 Å². The first-order chi connectivity index (χ1) is 4.26. The Hall–Kier alpha value is -1.68. The summed E-state index contributed by atoms with van der Waals surface area (Å²) < 4.78 is 0. The second kappa shape index (κ2) is 3.34. The third-order valence-corrected chi connectivity index (χ3v) is 0.752. The quantitative estimate of drug-likeness (QED) is 0.456. The highest BCUT2D eigenvalue weighted by Crippen LogP contribution is 1.87. The normalized spacial score (nSPS) is 10.6. The van der Waals surface area contributed by atoms with Crippen molar-refractivity contribution >= 4 is 0 Å². The van der Waals surface area contributed by atoms with Crippen LogP contribution in [0.2, 0.25) is 0 Å². The van der Waals surface area contributed by atoms with Gasteiger partial charge in [0, 0.05) is 7.05 Å². The van der Waals surface area contributed by atoms with Crippen molar-refractivity contribution in [3.63, 3.8) is 0 Å². The van der Waals surface area contributed by atoms with E-state index in [1.54, 1.807) is 12.1 Å². The molecule has 0 aliphatic heterocycles. The van der Waals surface area contributed by atoms with Crippen molar-refractivity contribution in [3.8, 4) is 12.1 Å². The minimum absolute atomic E-state index is 0.0833. The molecular weight excluding hydrogens is 116 g/mol. The Balaban J connectivity index is 4.49. The lowest BCUT2D eigenvalue weighted by Crippen LogP contribution is -2.11. The molecule has 0 rings (SSSR count). The predicted octanol–water partition coefficient (Wildman–Crippen LogP) is -0.577. The van der Waals surface area contributed by atoms with Crippen LogP contribution in [-0.2, 0) is 0 Å². The van der Waals surface area contributed by atoms with Gasteiger partial charge in [0.05, 0.1) is 0 Å². The highest BCUT2D eigenvalue weighted by molar-refractivity contribution is 5.32. The first-order valence-corrected chi connectivity index (χ1v) is 2.24. The molecule has 4 nitrogen and oxygen atoms in total. The molecule has 4 heteroatoms. The summed E-state index contributed by atoms with van der Waals surface area (Å²) in [6, 6.07) is 3.36. The molecule has 0 saturated heterocycles. The van der Waals surface area contributed by atoms with Crippen molar-refractivity contribution in [1.29, 1.82) is 10.5 Å². The maximum absolute atomic E-state index is 8.23. The lowest BCUT2D eigenvalue weighted by molar-refractivity contribution is 1.01. The van der Waals surface area contributed by atoms with Crippen molar-refractivity contribution in [1.82, 2.24) is 5.32 Å². The molecule has 0 spiro atoms. The number of nitriles is 2. The van der Waals surface area contributed by atoms with Crippen molar-refractivity contribution in [3.05, 3.63) is 11.4 Å². The van der Waals surface area contributed by atoms with Crippen LogP contribution in [0.15, 0.2) is 11.4 Å². The Morgan fingerprint density at radius 2 is 2.00 bits per heavy atom. The van der Waals surface area contributed by atoms with E-state index in [1.165, 1.54) is 7.05 Å². The average molecular weight is 122 g/mol. The van der Waals surface area contributed by atoms with E-state index >= 15 is 0 Å². The fourth-order valence-corrected chi connectivity index (χ4v) is 0.307. The van der Waals surface area contributed by atoms with Crippen LogP contribution in [0, 0.1) is 22.7 Å². The van der Waals surface area contributed by atoms with E-state index in [9.17, 15) is 0 Å². The number of allylic oxidation sites excluding steroid dienone is 2. The zero-order valence-corrected chi connectivity index (χ0v) is 4.97. The molecule has 0 fully saturated rings. The van der Waals surface area contributed by atoms with Gasteiger partial charge in [-0.05, 0) is 0 Å². The van der Waals surface area contributed by atoms with Crippen LogP contribution in [0.5, 0.6) is 0 Å². The molecule has 3 N–H and O–H groups in total. The third kappa shape index (κ3) is 1.70. The van der Waals surface area contributed by atoms with Gasteiger partial charge in [0.15, 0.2) is 0 Å². The topological polar surface area (TPSA) is 85.6 Å². The fraction of sp³-hybridized carbons (Fsp3) is 0.200. The molecule has 9 heavy (non-hydrogen) atoms. The number of hydrogen-bond acceptors (Lipinski definition) is 4. The van der Waals surface area contributed by atoms with Crippen LogP contribution in [0.3, 0.4) is 0 Å². The van der Waals surface area contributed by atoms with Crippen molar-refractivity contribution in [2.24, 2.45) is 5.73 Å². The Labute approximate surface area is 53.2 Å². The van der Waals surface area contributed by atoms with Gasteiger partial charge in [0.1, 0.15) is 23.5 Å². The van der Waals surface area contributed by atoms with E-state index in [0.29, 0.717) is 0 Å². The van der Waals surface area contributed by atoms with Crippen LogP contribution >= 0.6 is 0 Å². The lowest BCUT2D eigenvalue weighted by atomic mass is 10.4. The molecule has 0 atom stereocenters. The zero-order chi connectivity index (χ0) is 7.28. The summed E-state index contributed by atoms with van der Waals surface area (Å²) in [5.74, 6) is 0. The van der Waals surface area contributed by atoms with E-state index in [0.717, 1.165) is 0 Å². The molecule has 0 aliphatic carbocycles. The van der Waals surface area contributed by atoms with Gasteiger partial charge in [0.25, 0.3) is 0 Å². The summed E-state index contributed by atoms with van der Waals surface area (Å²) >= 11 is 0. The molecule has 0 amide bonds. The fourth-order valence-electron chi connectivity index (χ4n) is 0.307. The van der Waals surface area contributed by atoms with Crippen molar-refractivity contribution in [2.75, 3.05) is 7.05 Å². The number of nitrogens with one attached hydrogen (secondary N) is 1. The molecule has 0 radical (unpaired) electrons. The molecule has 0 aliphatic rings. The van der Waals surface area contributed by atoms with Gasteiger partial charge in [-0.3, -0.25) is 0 Å². The van der Waals surface area contributed by atoms with Crippen molar-refractivity contribution in [2.45, 2.75) is 0 Å². The van der Waals surface area contributed by atoms with Gasteiger partial charge in [-0.15, -0.1) is 0 Å². The molecule has 0 heterocycles. The zero-order valence-electron chi connectivity index (χ0n) is 4.97. The first kappa shape index (κ1) is 7.32. The highest BCUT2D eigenvalue weighted by Gasteiger charge is 1.95. The Kier molecular flexibility index (Phi) is 2.72. The summed E-state index contributed by atoms with van der Waals surface area (Å²) in [4.78, 5) is 0. The summed E-state index contributed by atoms with van der Waals surface area (Å²) in [6.07, 6.45) is 0. The van der Waals surface area contributed by atoms with E-state index in [4.69, 9.17) is 16.3 Å². The first-order valence-electron chi connectivity index (χ1n) is 2.24. The monoisotopic (exact) mass is 122 g/mol. The molecule has 0 aromatic rings. The average Bonchev–Trinajstić information content (AvgIpc) is 1.90. The van der Waals surface area contributed by atoms with Crippen LogP contribution in [0.4, 0.5) is 0 Å². The third-order valence-electron chi connectivity index (χ3n) is 0.752. The maximum atomic E-state index is 8.23. The van der Waals surface area contributed by atoms with E-state index in [-0.39, 0.29) is 11.4 Å². The molecule has 46 valence electrons. The molecule has 0 saturated carbocycles. The second-order valence-electron chi connectivity index (χ2n) is 1.26. The SMILES string of the molecule is CN/C(C#N)=C(\N)C#N. The van der Waals surface area contributed by atoms with E-state index in [1.807, 2.05) is 0 Å². The summed E-state index contributed by atoms with van der Waals surface area (Å²) in [6.45, 7) is 0. The lowest BCUT2D eigenvalue weighted by Gasteiger charge is -1.93. The van der Waals surface area contributed by atoms with Gasteiger partial charge in [-0.1, -0.05) is 0 Å². The minimum Gasteiger partial charge on any atom is -0.388 e. The maximum Gasteiger partial charge on any atom is 0.147 e. The van der Waals surface area contributed by atoms with E-state index < -0.39 is 0 Å². The molecule has 0 bridgehead atoms. The van der Waals surface area contributed by atoms with Gasteiger partial charge in [-0.25, -0.2) is 0 Å². The summed E-state index contributed by atoms with van der Waals surface area (Å²) in [5, 5.41) is 18.8. The number of nitrogens with zero attached hydrogens (tertiary/aromatic N) is 2. The van der Waals surface area contributed by atoms with Crippen LogP contribution < -0.4 is 11.1 Å².